The molecule has 300 valence electrons. The predicted molar refractivity (Wildman–Crippen MR) is 242 cm³/mol. The van der Waals surface area contributed by atoms with E-state index in [1.165, 1.54) is 27.7 Å². The summed E-state index contributed by atoms with van der Waals surface area (Å²) < 4.78 is 43.4. The number of carbonyl (C=O) groups is 1. The Morgan fingerprint density at radius 2 is 1.23 bits per heavy atom. The average Bonchev–Trinajstić information content (AvgIpc) is 3.22. The van der Waals surface area contributed by atoms with Crippen LogP contribution in [0.4, 0.5) is 0 Å². The van der Waals surface area contributed by atoms with E-state index in [0.717, 1.165) is 23.2 Å². The summed E-state index contributed by atoms with van der Waals surface area (Å²) in [5.41, 5.74) is 2.00. The van der Waals surface area contributed by atoms with Gasteiger partial charge in [-0.3, -0.25) is 4.79 Å². The quantitative estimate of drug-likeness (QED) is 0.0597. The van der Waals surface area contributed by atoms with Crippen LogP contribution in [0.15, 0.2) is 155 Å². The number of fused-ring (bicyclic) bond motifs is 1. The molecule has 2 aliphatic rings. The highest BCUT2D eigenvalue weighted by Gasteiger charge is 2.58. The van der Waals surface area contributed by atoms with Gasteiger partial charge in [-0.15, -0.1) is 0 Å². The van der Waals surface area contributed by atoms with Crippen molar-refractivity contribution in [2.75, 3.05) is 13.7 Å². The fraction of sp³-hybridized carbons (Fsp3) is 0.340. The molecule has 0 saturated carbocycles. The Labute approximate surface area is 354 Å². The van der Waals surface area contributed by atoms with Crippen LogP contribution in [-0.4, -0.2) is 73.1 Å². The van der Waals surface area contributed by atoms with Gasteiger partial charge in [-0.05, 0) is 69.3 Å². The topological polar surface area (TPSA) is 72.5 Å². The molecule has 0 aromatic heterocycles. The summed E-state index contributed by atoms with van der Waals surface area (Å²) in [6.07, 6.45) is 3.18. The van der Waals surface area contributed by atoms with E-state index in [1.807, 2.05) is 24.0 Å². The van der Waals surface area contributed by atoms with Crippen LogP contribution in [0.2, 0.25) is 12.1 Å². The molecule has 0 aliphatic carbocycles. The standard InChI is InChI=1S/C47H55IO7Si2/c1-34(31-35(2)33-51-38(5)49)32-36(3)43(27-28-48)53-47-46-45(44(50-6)37(4)52-47)54-56(39-19-11-7-12-20-39,40-21-13-8-14-22-40)29-30-57(55-46,41-23-15-9-16-24-41)42-25-17-10-18-26-42/h7-28,31-32,36-37,43-47H,29-30,33H2,1-6H3/b28-27+,34-32+,35-31+/t36-,37+,43-,44+,45-,46+,47+/m1/s1. The zero-order chi connectivity index (χ0) is 40.4. The molecule has 0 unspecified atom stereocenters. The first-order valence-electron chi connectivity index (χ1n) is 19.8. The van der Waals surface area contributed by atoms with Crippen molar-refractivity contribution in [3.05, 3.63) is 155 Å². The Morgan fingerprint density at radius 1 is 0.772 bits per heavy atom. The monoisotopic (exact) mass is 914 g/mol. The highest BCUT2D eigenvalue weighted by atomic mass is 127. The molecule has 57 heavy (non-hydrogen) atoms. The number of esters is 1. The number of hydrogen-bond donors (Lipinski definition) is 0. The van der Waals surface area contributed by atoms with E-state index in [1.54, 1.807) is 7.11 Å². The van der Waals surface area contributed by atoms with Crippen molar-refractivity contribution in [3.8, 4) is 0 Å². The van der Waals surface area contributed by atoms with Crippen molar-refractivity contribution in [2.45, 2.75) is 83.5 Å². The van der Waals surface area contributed by atoms with Crippen LogP contribution >= 0.6 is 22.6 Å². The van der Waals surface area contributed by atoms with E-state index in [4.69, 9.17) is 27.8 Å². The Morgan fingerprint density at radius 3 is 1.65 bits per heavy atom. The third kappa shape index (κ3) is 10.1. The molecule has 0 radical (unpaired) electrons. The molecule has 2 fully saturated rings. The van der Waals surface area contributed by atoms with Gasteiger partial charge < -0.3 is 27.8 Å². The van der Waals surface area contributed by atoms with Crippen molar-refractivity contribution in [2.24, 2.45) is 5.92 Å². The molecule has 4 aromatic rings. The molecule has 0 amide bonds. The van der Waals surface area contributed by atoms with Crippen molar-refractivity contribution in [1.29, 1.82) is 0 Å². The van der Waals surface area contributed by atoms with Gasteiger partial charge in [0, 0.05) is 20.0 Å². The second-order valence-corrected chi connectivity index (χ2v) is 23.0. The van der Waals surface area contributed by atoms with Crippen molar-refractivity contribution in [3.63, 3.8) is 0 Å². The lowest BCUT2D eigenvalue weighted by Gasteiger charge is -2.53. The molecule has 0 spiro atoms. The Balaban J connectivity index is 1.52. The van der Waals surface area contributed by atoms with Crippen LogP contribution < -0.4 is 20.7 Å². The van der Waals surface area contributed by atoms with Gasteiger partial charge in [-0.1, -0.05) is 169 Å². The fourth-order valence-electron chi connectivity index (χ4n) is 8.39. The van der Waals surface area contributed by atoms with Gasteiger partial charge in [0.05, 0.1) is 12.2 Å². The minimum absolute atomic E-state index is 0.0480. The summed E-state index contributed by atoms with van der Waals surface area (Å²) in [6, 6.07) is 44.7. The van der Waals surface area contributed by atoms with E-state index >= 15 is 0 Å². The highest BCUT2D eigenvalue weighted by molar-refractivity contribution is 14.1. The number of methoxy groups -OCH3 is 1. The summed E-state index contributed by atoms with van der Waals surface area (Å²) in [5, 5.41) is 4.81. The Bertz CT molecular complexity index is 1900. The minimum atomic E-state index is -3.08. The van der Waals surface area contributed by atoms with Crippen LogP contribution in [0, 0.1) is 5.92 Å². The van der Waals surface area contributed by atoms with Gasteiger partial charge in [0.2, 0.25) is 0 Å². The molecule has 0 bridgehead atoms. The van der Waals surface area contributed by atoms with Gasteiger partial charge in [0.25, 0.3) is 16.6 Å². The SMILES string of the molecule is CO[C@@H]1[C@H]2O[Si](c3ccccc3)(c3ccccc3)CC[Si](c3ccccc3)(c3ccccc3)O[C@@H]2[C@H](O[C@H](/C=C/I)[C@H](C)/C=C(C)/C=C(\C)COC(C)=O)O[C@H]1C. The molecule has 4 aromatic carbocycles. The number of halogens is 1. The van der Waals surface area contributed by atoms with Crippen molar-refractivity contribution in [1.82, 2.24) is 0 Å². The first-order valence-corrected chi connectivity index (χ1v) is 25.2. The molecule has 7 atom stereocenters. The van der Waals surface area contributed by atoms with Crippen LogP contribution in [0.25, 0.3) is 0 Å². The zero-order valence-corrected chi connectivity index (χ0v) is 37.9. The lowest BCUT2D eigenvalue weighted by atomic mass is 9.98. The second kappa shape index (κ2) is 20.0. The first kappa shape index (κ1) is 43.1. The highest BCUT2D eigenvalue weighted by Crippen LogP contribution is 2.38. The number of rotatable bonds is 13. The van der Waals surface area contributed by atoms with E-state index in [2.05, 4.69) is 170 Å². The van der Waals surface area contributed by atoms with Gasteiger partial charge in [-0.2, -0.15) is 0 Å². The predicted octanol–water partition coefficient (Wildman–Crippen LogP) is 7.48. The van der Waals surface area contributed by atoms with E-state index in [0.29, 0.717) is 0 Å². The van der Waals surface area contributed by atoms with Gasteiger partial charge in [0.15, 0.2) is 6.29 Å². The lowest BCUT2D eigenvalue weighted by Crippen LogP contribution is -2.75. The van der Waals surface area contributed by atoms with Gasteiger partial charge in [-0.25, -0.2) is 0 Å². The average molecular weight is 915 g/mol. The number of ether oxygens (including phenoxy) is 4. The molecule has 7 nitrogen and oxygen atoms in total. The van der Waals surface area contributed by atoms with Gasteiger partial charge in [0.1, 0.15) is 24.9 Å². The summed E-state index contributed by atoms with van der Waals surface area (Å²) in [4.78, 5) is 11.4. The minimum Gasteiger partial charge on any atom is -0.461 e. The van der Waals surface area contributed by atoms with E-state index in [9.17, 15) is 4.79 Å². The molecule has 0 N–H and O–H groups in total. The number of hydrogen-bond acceptors (Lipinski definition) is 7. The summed E-state index contributed by atoms with van der Waals surface area (Å²) >= 11 is 2.25. The van der Waals surface area contributed by atoms with Crippen LogP contribution in [0.5, 0.6) is 0 Å². The van der Waals surface area contributed by atoms with Crippen LogP contribution in [0.1, 0.15) is 34.6 Å². The molecule has 10 heteroatoms. The Kier molecular flexibility index (Phi) is 15.1. The lowest BCUT2D eigenvalue weighted by molar-refractivity contribution is -0.298. The zero-order valence-electron chi connectivity index (χ0n) is 33.8. The molecular formula is C47H55IO7Si2. The molecule has 2 saturated heterocycles. The molecule has 2 heterocycles. The van der Waals surface area contributed by atoms with Crippen LogP contribution in [-0.2, 0) is 32.6 Å². The Hall–Kier alpha value is -3.47. The maximum Gasteiger partial charge on any atom is 0.302 e. The van der Waals surface area contributed by atoms with Crippen molar-refractivity contribution >= 4 is 65.9 Å². The smallest absolute Gasteiger partial charge is 0.302 e. The van der Waals surface area contributed by atoms with E-state index in [-0.39, 0.29) is 30.7 Å². The maximum atomic E-state index is 11.4. The van der Waals surface area contributed by atoms with Crippen LogP contribution in [0.3, 0.4) is 0 Å². The first-order chi connectivity index (χ1) is 27.6. The van der Waals surface area contributed by atoms with Gasteiger partial charge >= 0.3 is 5.97 Å². The normalized spacial score (nSPS) is 24.8. The fourth-order valence-corrected chi connectivity index (χ4v) is 18.6. The van der Waals surface area contributed by atoms with Crippen molar-refractivity contribution < 1.29 is 32.6 Å². The number of carbonyl (C=O) groups excluding carboxylic acids is 1. The molecular weight excluding hydrogens is 860 g/mol. The third-order valence-electron chi connectivity index (χ3n) is 11.0. The second-order valence-electron chi connectivity index (χ2n) is 15.2. The molecule has 2 aliphatic heterocycles. The summed E-state index contributed by atoms with van der Waals surface area (Å²) in [7, 11) is -4.36. The van der Waals surface area contributed by atoms with E-state index < -0.39 is 41.2 Å². The summed E-state index contributed by atoms with van der Waals surface area (Å²) in [5.74, 6) is -0.346. The number of benzene rings is 4. The third-order valence-corrected chi connectivity index (χ3v) is 20.3. The molecule has 6 rings (SSSR count). The maximum absolute atomic E-state index is 11.4. The number of allylic oxidation sites excluding steroid dienone is 2. The summed E-state index contributed by atoms with van der Waals surface area (Å²) in [6.45, 7) is 9.88. The largest absolute Gasteiger partial charge is 0.461 e.